The highest BCUT2D eigenvalue weighted by molar-refractivity contribution is 5.86. The second-order valence-electron chi connectivity index (χ2n) is 2.93. The van der Waals surface area contributed by atoms with Crippen molar-refractivity contribution >= 4 is 5.97 Å². The number of hydrogen-bond acceptors (Lipinski definition) is 6. The van der Waals surface area contributed by atoms with Gasteiger partial charge in [0, 0.05) is 20.1 Å². The van der Waals surface area contributed by atoms with Gasteiger partial charge in [-0.1, -0.05) is 0 Å². The van der Waals surface area contributed by atoms with Crippen LogP contribution in [0.5, 0.6) is 5.88 Å². The van der Waals surface area contributed by atoms with E-state index in [-0.39, 0.29) is 5.69 Å². The highest BCUT2D eigenvalue weighted by Gasteiger charge is 2.07. The summed E-state index contributed by atoms with van der Waals surface area (Å²) in [7, 11) is 2.92. The number of ether oxygens (including phenoxy) is 3. The van der Waals surface area contributed by atoms with Crippen molar-refractivity contribution in [1.82, 2.24) is 9.97 Å². The van der Waals surface area contributed by atoms with Crippen LogP contribution < -0.4 is 4.74 Å². The maximum absolute atomic E-state index is 11.0. The van der Waals surface area contributed by atoms with E-state index in [1.807, 2.05) is 0 Å². The average Bonchev–Trinajstić information content (AvgIpc) is 2.34. The third-order valence-corrected chi connectivity index (χ3v) is 1.77. The van der Waals surface area contributed by atoms with E-state index in [0.29, 0.717) is 19.1 Å². The SMILES string of the molecule is COCCCOc1cnc(C(=O)OC)cn1. The quantitative estimate of drug-likeness (QED) is 0.524. The third kappa shape index (κ3) is 3.82. The molecule has 6 nitrogen and oxygen atoms in total. The van der Waals surface area contributed by atoms with Gasteiger partial charge in [-0.2, -0.15) is 0 Å². The molecule has 88 valence electrons. The van der Waals surface area contributed by atoms with E-state index < -0.39 is 5.97 Å². The van der Waals surface area contributed by atoms with Crippen LogP contribution in [-0.4, -0.2) is 43.4 Å². The average molecular weight is 226 g/mol. The lowest BCUT2D eigenvalue weighted by atomic mass is 10.4. The summed E-state index contributed by atoms with van der Waals surface area (Å²) in [5, 5.41) is 0. The smallest absolute Gasteiger partial charge is 0.358 e. The molecule has 0 aromatic carbocycles. The Balaban J connectivity index is 2.42. The molecule has 0 aliphatic heterocycles. The lowest BCUT2D eigenvalue weighted by molar-refractivity contribution is 0.0593. The van der Waals surface area contributed by atoms with Crippen LogP contribution in [-0.2, 0) is 9.47 Å². The van der Waals surface area contributed by atoms with E-state index in [1.54, 1.807) is 7.11 Å². The Hall–Kier alpha value is -1.69. The number of methoxy groups -OCH3 is 2. The zero-order valence-corrected chi connectivity index (χ0v) is 9.30. The van der Waals surface area contributed by atoms with Gasteiger partial charge >= 0.3 is 5.97 Å². The molecule has 0 aliphatic carbocycles. The van der Waals surface area contributed by atoms with Crippen molar-refractivity contribution in [2.45, 2.75) is 6.42 Å². The first-order chi connectivity index (χ1) is 7.77. The summed E-state index contributed by atoms with van der Waals surface area (Å²) >= 11 is 0. The van der Waals surface area contributed by atoms with Gasteiger partial charge in [-0.05, 0) is 0 Å². The molecule has 0 saturated heterocycles. The first kappa shape index (κ1) is 12.4. The van der Waals surface area contributed by atoms with E-state index in [4.69, 9.17) is 9.47 Å². The van der Waals surface area contributed by atoms with Crippen LogP contribution in [0.15, 0.2) is 12.4 Å². The Kier molecular flexibility index (Phi) is 5.21. The minimum Gasteiger partial charge on any atom is -0.476 e. The molecule has 0 amide bonds. The number of hydrogen-bond donors (Lipinski definition) is 0. The zero-order valence-electron chi connectivity index (χ0n) is 9.30. The van der Waals surface area contributed by atoms with Gasteiger partial charge in [-0.15, -0.1) is 0 Å². The van der Waals surface area contributed by atoms with Crippen molar-refractivity contribution in [3.05, 3.63) is 18.1 Å². The molecule has 1 heterocycles. The molecule has 0 saturated carbocycles. The molecular weight excluding hydrogens is 212 g/mol. The van der Waals surface area contributed by atoms with E-state index in [9.17, 15) is 4.79 Å². The van der Waals surface area contributed by atoms with E-state index >= 15 is 0 Å². The molecule has 0 radical (unpaired) electrons. The van der Waals surface area contributed by atoms with Gasteiger partial charge in [0.1, 0.15) is 0 Å². The molecule has 16 heavy (non-hydrogen) atoms. The summed E-state index contributed by atoms with van der Waals surface area (Å²) in [4.78, 5) is 18.8. The van der Waals surface area contributed by atoms with Gasteiger partial charge in [0.25, 0.3) is 0 Å². The highest BCUT2D eigenvalue weighted by Crippen LogP contribution is 2.05. The standard InChI is InChI=1S/C10H14N2O4/c1-14-4-3-5-16-9-7-11-8(6-12-9)10(13)15-2/h6-7H,3-5H2,1-2H3. The number of rotatable bonds is 6. The van der Waals surface area contributed by atoms with Crippen LogP contribution in [0, 0.1) is 0 Å². The molecule has 0 atom stereocenters. The predicted molar refractivity (Wildman–Crippen MR) is 55.4 cm³/mol. The summed E-state index contributed by atoms with van der Waals surface area (Å²) in [6.07, 6.45) is 3.48. The van der Waals surface area contributed by atoms with Crippen LogP contribution >= 0.6 is 0 Å². The Bertz CT molecular complexity index is 326. The number of carbonyl (C=O) groups excluding carboxylic acids is 1. The van der Waals surface area contributed by atoms with Gasteiger partial charge in [0.2, 0.25) is 5.88 Å². The molecule has 0 fully saturated rings. The van der Waals surface area contributed by atoms with Crippen LogP contribution in [0.25, 0.3) is 0 Å². The number of aromatic nitrogens is 2. The Morgan fingerprint density at radius 2 is 2.06 bits per heavy atom. The molecule has 6 heteroatoms. The fourth-order valence-corrected chi connectivity index (χ4v) is 0.981. The monoisotopic (exact) mass is 226 g/mol. The van der Waals surface area contributed by atoms with E-state index in [2.05, 4.69) is 14.7 Å². The normalized spacial score (nSPS) is 9.88. The van der Waals surface area contributed by atoms with Crippen LogP contribution in [0.4, 0.5) is 0 Å². The molecule has 0 aliphatic rings. The maximum atomic E-state index is 11.0. The Morgan fingerprint density at radius 1 is 1.25 bits per heavy atom. The fraction of sp³-hybridized carbons (Fsp3) is 0.500. The van der Waals surface area contributed by atoms with Crippen molar-refractivity contribution in [3.8, 4) is 5.88 Å². The highest BCUT2D eigenvalue weighted by atomic mass is 16.5. The predicted octanol–water partition coefficient (Wildman–Crippen LogP) is 0.678. The summed E-state index contributed by atoms with van der Waals surface area (Å²) in [5.41, 5.74) is 0.159. The van der Waals surface area contributed by atoms with Crippen LogP contribution in [0.3, 0.4) is 0 Å². The largest absolute Gasteiger partial charge is 0.476 e. The number of carbonyl (C=O) groups is 1. The van der Waals surface area contributed by atoms with Gasteiger partial charge < -0.3 is 14.2 Å². The topological polar surface area (TPSA) is 70.5 Å². The molecule has 1 aromatic heterocycles. The van der Waals surface area contributed by atoms with Gasteiger partial charge in [0.15, 0.2) is 5.69 Å². The lowest BCUT2D eigenvalue weighted by Crippen LogP contribution is -2.07. The van der Waals surface area contributed by atoms with Crippen molar-refractivity contribution < 1.29 is 19.0 Å². The number of esters is 1. The van der Waals surface area contributed by atoms with Gasteiger partial charge in [-0.3, -0.25) is 0 Å². The maximum Gasteiger partial charge on any atom is 0.358 e. The Morgan fingerprint density at radius 3 is 2.62 bits per heavy atom. The lowest BCUT2D eigenvalue weighted by Gasteiger charge is -2.04. The van der Waals surface area contributed by atoms with Crippen LogP contribution in [0.2, 0.25) is 0 Å². The zero-order chi connectivity index (χ0) is 11.8. The van der Waals surface area contributed by atoms with E-state index in [0.717, 1.165) is 6.42 Å². The first-order valence-electron chi connectivity index (χ1n) is 4.80. The first-order valence-corrected chi connectivity index (χ1v) is 4.80. The third-order valence-electron chi connectivity index (χ3n) is 1.77. The molecule has 1 aromatic rings. The summed E-state index contributed by atoms with van der Waals surface area (Å²) in [6, 6.07) is 0. The second kappa shape index (κ2) is 6.73. The minimum absolute atomic E-state index is 0.159. The number of nitrogens with zero attached hydrogens (tertiary/aromatic N) is 2. The van der Waals surface area contributed by atoms with E-state index in [1.165, 1.54) is 19.5 Å². The van der Waals surface area contributed by atoms with Crippen molar-refractivity contribution in [2.75, 3.05) is 27.4 Å². The molecule has 0 unspecified atom stereocenters. The minimum atomic E-state index is -0.515. The molecule has 0 spiro atoms. The molecule has 1 rings (SSSR count). The summed E-state index contributed by atoms with van der Waals surface area (Å²) in [5.74, 6) is -0.137. The Labute approximate surface area is 93.6 Å². The fourth-order valence-electron chi connectivity index (χ4n) is 0.981. The van der Waals surface area contributed by atoms with Gasteiger partial charge in [-0.25, -0.2) is 14.8 Å². The van der Waals surface area contributed by atoms with Crippen molar-refractivity contribution in [3.63, 3.8) is 0 Å². The summed E-state index contributed by atoms with van der Waals surface area (Å²) in [6.45, 7) is 1.13. The molecular formula is C10H14N2O4. The molecule has 0 bridgehead atoms. The molecule has 0 N–H and O–H groups in total. The van der Waals surface area contributed by atoms with Crippen LogP contribution in [0.1, 0.15) is 16.9 Å². The second-order valence-corrected chi connectivity index (χ2v) is 2.93. The summed E-state index contributed by atoms with van der Waals surface area (Å²) < 4.78 is 14.6. The van der Waals surface area contributed by atoms with Crippen molar-refractivity contribution in [2.24, 2.45) is 0 Å². The van der Waals surface area contributed by atoms with Crippen molar-refractivity contribution in [1.29, 1.82) is 0 Å². The van der Waals surface area contributed by atoms with Gasteiger partial charge in [0.05, 0.1) is 26.1 Å².